The van der Waals surface area contributed by atoms with Gasteiger partial charge in [0.15, 0.2) is 0 Å². The summed E-state index contributed by atoms with van der Waals surface area (Å²) in [5, 5.41) is 0. The quantitative estimate of drug-likeness (QED) is 0.727. The van der Waals surface area contributed by atoms with Crippen LogP contribution in [0.15, 0.2) is 10.9 Å². The molecule has 0 bridgehead atoms. The van der Waals surface area contributed by atoms with E-state index in [4.69, 9.17) is 4.74 Å². The molecule has 3 heterocycles. The molecule has 2 amide bonds. The molecule has 0 saturated carbocycles. The number of ether oxygens (including phenoxy) is 1. The minimum absolute atomic E-state index is 0.00744. The third-order valence-corrected chi connectivity index (χ3v) is 5.22. The summed E-state index contributed by atoms with van der Waals surface area (Å²) < 4.78 is 5.02. The number of likely N-dealkylation sites (tertiary alicyclic amines) is 2. The van der Waals surface area contributed by atoms with E-state index in [1.54, 1.807) is 21.8 Å². The summed E-state index contributed by atoms with van der Waals surface area (Å²) in [6, 6.07) is 1.51. The standard InChI is InChI=1S/C18H27N5O4/c1-21(2)18-19-14(9-15(24)20-18)12-4-5-23(10-12)17(26)13-8-16(25)22(11-13)6-7-27-3/h9,12-13H,4-8,10-11H2,1-3H3,(H,19,20,24)/t12-,13+/m0/s1. The van der Waals surface area contributed by atoms with Gasteiger partial charge in [-0.15, -0.1) is 0 Å². The highest BCUT2D eigenvalue weighted by Crippen LogP contribution is 2.29. The fourth-order valence-electron chi connectivity index (χ4n) is 3.70. The van der Waals surface area contributed by atoms with Gasteiger partial charge in [0.2, 0.25) is 17.8 Å². The number of methoxy groups -OCH3 is 1. The molecule has 0 aromatic carbocycles. The number of anilines is 1. The second kappa shape index (κ2) is 8.08. The van der Waals surface area contributed by atoms with Gasteiger partial charge in [-0.25, -0.2) is 4.98 Å². The summed E-state index contributed by atoms with van der Waals surface area (Å²) in [7, 11) is 5.23. The third kappa shape index (κ3) is 4.29. The summed E-state index contributed by atoms with van der Waals surface area (Å²) in [5.41, 5.74) is 0.519. The van der Waals surface area contributed by atoms with Crippen LogP contribution in [0.4, 0.5) is 5.95 Å². The average molecular weight is 377 g/mol. The lowest BCUT2D eigenvalue weighted by Gasteiger charge is -2.21. The smallest absolute Gasteiger partial charge is 0.252 e. The number of nitrogens with zero attached hydrogens (tertiary/aromatic N) is 4. The van der Waals surface area contributed by atoms with Crippen molar-refractivity contribution in [3.05, 3.63) is 22.1 Å². The highest BCUT2D eigenvalue weighted by atomic mass is 16.5. The number of aromatic nitrogens is 2. The SMILES string of the molecule is COCCN1C[C@H](C(=O)N2CC[C@H](c3cc(=O)[nH]c(N(C)C)n3)C2)CC1=O. The Morgan fingerprint density at radius 2 is 2.15 bits per heavy atom. The van der Waals surface area contributed by atoms with Crippen LogP contribution >= 0.6 is 0 Å². The maximum absolute atomic E-state index is 12.9. The van der Waals surface area contributed by atoms with E-state index in [1.165, 1.54) is 6.07 Å². The number of nitrogens with one attached hydrogen (secondary N) is 1. The van der Waals surface area contributed by atoms with Crippen LogP contribution in [0.2, 0.25) is 0 Å². The first-order valence-corrected chi connectivity index (χ1v) is 9.23. The van der Waals surface area contributed by atoms with Gasteiger partial charge < -0.3 is 19.4 Å². The van der Waals surface area contributed by atoms with Crippen molar-refractivity contribution in [2.24, 2.45) is 5.92 Å². The minimum atomic E-state index is -0.294. The molecule has 9 nitrogen and oxygen atoms in total. The largest absolute Gasteiger partial charge is 0.383 e. The molecule has 1 N–H and O–H groups in total. The van der Waals surface area contributed by atoms with Crippen LogP contribution < -0.4 is 10.5 Å². The summed E-state index contributed by atoms with van der Waals surface area (Å²) in [4.78, 5) is 49.3. The van der Waals surface area contributed by atoms with Crippen LogP contribution in [0.1, 0.15) is 24.5 Å². The van der Waals surface area contributed by atoms with E-state index in [0.29, 0.717) is 44.4 Å². The fourth-order valence-corrected chi connectivity index (χ4v) is 3.70. The normalized spacial score (nSPS) is 22.6. The van der Waals surface area contributed by atoms with Crippen LogP contribution in [-0.2, 0) is 14.3 Å². The van der Waals surface area contributed by atoms with E-state index in [1.807, 2.05) is 14.1 Å². The van der Waals surface area contributed by atoms with Crippen molar-refractivity contribution in [1.82, 2.24) is 19.8 Å². The van der Waals surface area contributed by atoms with Gasteiger partial charge in [-0.2, -0.15) is 0 Å². The van der Waals surface area contributed by atoms with Crippen LogP contribution in [0, 0.1) is 5.92 Å². The molecule has 2 atom stereocenters. The number of carbonyl (C=O) groups is 2. The molecule has 1 aromatic rings. The lowest BCUT2D eigenvalue weighted by Crippen LogP contribution is -2.36. The number of rotatable bonds is 6. The van der Waals surface area contributed by atoms with Crippen LogP contribution in [0.25, 0.3) is 0 Å². The Kier molecular flexibility index (Phi) is 5.79. The molecular weight excluding hydrogens is 350 g/mol. The number of carbonyl (C=O) groups excluding carboxylic acids is 2. The molecule has 3 rings (SSSR count). The second-order valence-corrected chi connectivity index (χ2v) is 7.39. The number of amides is 2. The molecule has 27 heavy (non-hydrogen) atoms. The lowest BCUT2D eigenvalue weighted by atomic mass is 10.0. The molecule has 148 valence electrons. The topological polar surface area (TPSA) is 98.8 Å². The Morgan fingerprint density at radius 3 is 2.85 bits per heavy atom. The van der Waals surface area contributed by atoms with Gasteiger partial charge in [0, 0.05) is 65.8 Å². The van der Waals surface area contributed by atoms with Crippen LogP contribution in [0.5, 0.6) is 0 Å². The Labute approximate surface area is 158 Å². The first-order chi connectivity index (χ1) is 12.9. The first kappa shape index (κ1) is 19.3. The van der Waals surface area contributed by atoms with Gasteiger partial charge in [0.1, 0.15) is 0 Å². The molecule has 1 aromatic heterocycles. The number of hydrogen-bond acceptors (Lipinski definition) is 6. The number of H-pyrrole nitrogens is 1. The molecule has 2 aliphatic heterocycles. The Morgan fingerprint density at radius 1 is 1.37 bits per heavy atom. The molecular formula is C18H27N5O4. The molecule has 0 radical (unpaired) electrons. The Hall–Kier alpha value is -2.42. The third-order valence-electron chi connectivity index (χ3n) is 5.22. The highest BCUT2D eigenvalue weighted by Gasteiger charge is 2.38. The van der Waals surface area contributed by atoms with Gasteiger partial charge in [-0.05, 0) is 6.42 Å². The Balaban J connectivity index is 1.64. The average Bonchev–Trinajstić information content (AvgIpc) is 3.26. The van der Waals surface area contributed by atoms with Crippen LogP contribution in [-0.4, -0.2) is 85.6 Å². The van der Waals surface area contributed by atoms with Crippen molar-refractivity contribution in [2.75, 3.05) is 58.9 Å². The zero-order valence-electron chi connectivity index (χ0n) is 16.1. The predicted molar refractivity (Wildman–Crippen MR) is 99.7 cm³/mol. The van der Waals surface area contributed by atoms with Crippen molar-refractivity contribution in [2.45, 2.75) is 18.8 Å². The second-order valence-electron chi connectivity index (χ2n) is 7.39. The predicted octanol–water partition coefficient (Wildman–Crippen LogP) is -0.353. The number of hydrogen-bond donors (Lipinski definition) is 1. The summed E-state index contributed by atoms with van der Waals surface area (Å²) in [6.45, 7) is 2.60. The fraction of sp³-hybridized carbons (Fsp3) is 0.667. The molecule has 0 aliphatic carbocycles. The summed E-state index contributed by atoms with van der Waals surface area (Å²) in [6.07, 6.45) is 1.03. The van der Waals surface area contributed by atoms with Crippen molar-refractivity contribution >= 4 is 17.8 Å². The van der Waals surface area contributed by atoms with Crippen LogP contribution in [0.3, 0.4) is 0 Å². The van der Waals surface area contributed by atoms with Gasteiger partial charge in [-0.1, -0.05) is 0 Å². The summed E-state index contributed by atoms with van der Waals surface area (Å²) >= 11 is 0. The summed E-state index contributed by atoms with van der Waals surface area (Å²) in [5.74, 6) is 0.281. The maximum atomic E-state index is 12.9. The molecule has 9 heteroatoms. The van der Waals surface area contributed by atoms with Gasteiger partial charge in [-0.3, -0.25) is 19.4 Å². The minimum Gasteiger partial charge on any atom is -0.383 e. The maximum Gasteiger partial charge on any atom is 0.252 e. The van der Waals surface area contributed by atoms with Gasteiger partial charge >= 0.3 is 0 Å². The molecule has 0 unspecified atom stereocenters. The Bertz CT molecular complexity index is 762. The molecule has 2 fully saturated rings. The molecule has 2 saturated heterocycles. The van der Waals surface area contributed by atoms with E-state index in [2.05, 4.69) is 9.97 Å². The van der Waals surface area contributed by atoms with Gasteiger partial charge in [0.05, 0.1) is 18.2 Å². The first-order valence-electron chi connectivity index (χ1n) is 9.23. The van der Waals surface area contributed by atoms with E-state index in [9.17, 15) is 14.4 Å². The zero-order chi connectivity index (χ0) is 19.6. The van der Waals surface area contributed by atoms with E-state index in [-0.39, 0.29) is 35.6 Å². The van der Waals surface area contributed by atoms with Gasteiger partial charge in [0.25, 0.3) is 5.56 Å². The van der Waals surface area contributed by atoms with E-state index in [0.717, 1.165) is 6.42 Å². The van der Waals surface area contributed by atoms with E-state index < -0.39 is 0 Å². The zero-order valence-corrected chi connectivity index (χ0v) is 16.1. The van der Waals surface area contributed by atoms with Crippen molar-refractivity contribution in [3.8, 4) is 0 Å². The van der Waals surface area contributed by atoms with Crippen molar-refractivity contribution < 1.29 is 14.3 Å². The molecule has 2 aliphatic rings. The highest BCUT2D eigenvalue weighted by molar-refractivity contribution is 5.89. The monoisotopic (exact) mass is 377 g/mol. The molecule has 0 spiro atoms. The van der Waals surface area contributed by atoms with Crippen molar-refractivity contribution in [1.29, 1.82) is 0 Å². The van der Waals surface area contributed by atoms with E-state index >= 15 is 0 Å². The van der Waals surface area contributed by atoms with Crippen molar-refractivity contribution in [3.63, 3.8) is 0 Å². The number of aromatic amines is 1. The lowest BCUT2D eigenvalue weighted by molar-refractivity contribution is -0.134.